The van der Waals surface area contributed by atoms with E-state index in [0.717, 1.165) is 12.3 Å². The molecule has 0 fully saturated rings. The van der Waals surface area contributed by atoms with Crippen molar-refractivity contribution in [2.24, 2.45) is 0 Å². The van der Waals surface area contributed by atoms with Crippen LogP contribution in [-0.4, -0.2) is 23.1 Å². The number of benzene rings is 2. The fraction of sp³-hybridized carbons (Fsp3) is 0.143. The Hall–Kier alpha value is -1.57. The fourth-order valence-corrected chi connectivity index (χ4v) is 3.93. The molecule has 0 atom stereocenters. The van der Waals surface area contributed by atoms with Crippen LogP contribution < -0.4 is 4.18 Å². The maximum atomic E-state index is 12.4. The molecule has 0 aliphatic heterocycles. The second-order valence-corrected chi connectivity index (χ2v) is 8.61. The minimum Gasteiger partial charge on any atom is -0.379 e. The van der Waals surface area contributed by atoms with Crippen molar-refractivity contribution in [3.05, 3.63) is 53.1 Å². The first-order valence-corrected chi connectivity index (χ1v) is 9.79. The van der Waals surface area contributed by atoms with Crippen molar-refractivity contribution in [1.29, 1.82) is 0 Å². The summed E-state index contributed by atoms with van der Waals surface area (Å²) in [6.07, 6.45) is 0.981. The molecule has 0 aliphatic carbocycles. The molecule has 0 aromatic heterocycles. The van der Waals surface area contributed by atoms with Crippen LogP contribution >= 0.6 is 11.6 Å². The molecule has 0 bridgehead atoms. The normalized spacial score (nSPS) is 12.1. The molecule has 118 valence electrons. The summed E-state index contributed by atoms with van der Waals surface area (Å²) in [6, 6.07) is 10.0. The van der Waals surface area contributed by atoms with E-state index in [-0.39, 0.29) is 20.6 Å². The van der Waals surface area contributed by atoms with Crippen molar-refractivity contribution in [2.75, 3.05) is 6.26 Å². The molecule has 0 heterocycles. The highest BCUT2D eigenvalue weighted by molar-refractivity contribution is 7.90. The Bertz CT molecular complexity index is 918. The molecule has 0 saturated heterocycles. The third kappa shape index (κ3) is 3.60. The summed E-state index contributed by atoms with van der Waals surface area (Å²) in [5.74, 6) is 0.156. The van der Waals surface area contributed by atoms with E-state index in [9.17, 15) is 16.8 Å². The highest BCUT2D eigenvalue weighted by Crippen LogP contribution is 2.28. The second-order valence-electron chi connectivity index (χ2n) is 4.67. The van der Waals surface area contributed by atoms with Crippen molar-refractivity contribution in [3.63, 3.8) is 0 Å². The van der Waals surface area contributed by atoms with Crippen LogP contribution in [0.2, 0.25) is 5.02 Å². The van der Waals surface area contributed by atoms with Crippen LogP contribution in [0.5, 0.6) is 5.75 Å². The third-order valence-corrected chi connectivity index (χ3v) is 5.72. The van der Waals surface area contributed by atoms with Crippen molar-refractivity contribution in [3.8, 4) is 5.75 Å². The molecule has 2 aromatic rings. The predicted molar refractivity (Wildman–Crippen MR) is 83.6 cm³/mol. The van der Waals surface area contributed by atoms with E-state index in [1.807, 2.05) is 0 Å². The SMILES string of the molecule is Cc1ccccc1OS(=O)(=O)c1cc(S(C)(=O)=O)ccc1Cl. The van der Waals surface area contributed by atoms with Crippen LogP contribution in [0.3, 0.4) is 0 Å². The summed E-state index contributed by atoms with van der Waals surface area (Å²) in [7, 11) is -7.81. The Morgan fingerprint density at radius 3 is 2.23 bits per heavy atom. The molecule has 0 N–H and O–H groups in total. The third-order valence-electron chi connectivity index (χ3n) is 2.89. The number of para-hydroxylation sites is 1. The lowest BCUT2D eigenvalue weighted by Gasteiger charge is -2.11. The van der Waals surface area contributed by atoms with Gasteiger partial charge in [-0.05, 0) is 36.8 Å². The largest absolute Gasteiger partial charge is 0.379 e. The predicted octanol–water partition coefficient (Wildman–Crippen LogP) is 2.82. The summed E-state index contributed by atoms with van der Waals surface area (Å²) >= 11 is 5.88. The summed E-state index contributed by atoms with van der Waals surface area (Å²) < 4.78 is 52.9. The van der Waals surface area contributed by atoms with Gasteiger partial charge in [0, 0.05) is 6.26 Å². The van der Waals surface area contributed by atoms with Gasteiger partial charge >= 0.3 is 10.1 Å². The zero-order chi connectivity index (χ0) is 16.5. The van der Waals surface area contributed by atoms with Crippen LogP contribution in [0.25, 0.3) is 0 Å². The second kappa shape index (κ2) is 5.91. The van der Waals surface area contributed by atoms with Crippen molar-refractivity contribution in [1.82, 2.24) is 0 Å². The smallest absolute Gasteiger partial charge is 0.340 e. The molecule has 0 amide bonds. The van der Waals surface area contributed by atoms with Crippen molar-refractivity contribution < 1.29 is 21.0 Å². The van der Waals surface area contributed by atoms with Crippen LogP contribution in [0.4, 0.5) is 0 Å². The number of rotatable bonds is 4. The highest BCUT2D eigenvalue weighted by atomic mass is 35.5. The molecule has 0 saturated carbocycles. The number of aryl methyl sites for hydroxylation is 1. The van der Waals surface area contributed by atoms with Crippen LogP contribution in [-0.2, 0) is 20.0 Å². The quantitative estimate of drug-likeness (QED) is 0.783. The fourth-order valence-electron chi connectivity index (χ4n) is 1.72. The minimum absolute atomic E-state index is 0.110. The van der Waals surface area contributed by atoms with E-state index in [0.29, 0.717) is 5.56 Å². The average molecular weight is 361 g/mol. The van der Waals surface area contributed by atoms with Crippen molar-refractivity contribution in [2.45, 2.75) is 16.7 Å². The summed E-state index contributed by atoms with van der Waals surface area (Å²) in [6.45, 7) is 1.69. The molecule has 0 unspecified atom stereocenters. The van der Waals surface area contributed by atoms with E-state index in [1.165, 1.54) is 18.2 Å². The number of sulfone groups is 1. The van der Waals surface area contributed by atoms with Gasteiger partial charge in [-0.25, -0.2) is 8.42 Å². The molecular formula is C14H13ClO5S2. The van der Waals surface area contributed by atoms with Gasteiger partial charge < -0.3 is 4.18 Å². The Labute approximate surface area is 134 Å². The first kappa shape index (κ1) is 16.8. The molecule has 5 nitrogen and oxygen atoms in total. The maximum Gasteiger partial charge on any atom is 0.340 e. The lowest BCUT2D eigenvalue weighted by molar-refractivity contribution is 0.484. The Morgan fingerprint density at radius 2 is 1.64 bits per heavy atom. The van der Waals surface area contributed by atoms with Gasteiger partial charge in [-0.1, -0.05) is 29.8 Å². The van der Waals surface area contributed by atoms with Gasteiger partial charge in [0.1, 0.15) is 10.6 Å². The monoisotopic (exact) mass is 360 g/mol. The van der Waals surface area contributed by atoms with Gasteiger partial charge in [-0.3, -0.25) is 0 Å². The van der Waals surface area contributed by atoms with Gasteiger partial charge in [0.15, 0.2) is 9.84 Å². The topological polar surface area (TPSA) is 77.5 Å². The Balaban J connectivity index is 2.53. The van der Waals surface area contributed by atoms with Crippen LogP contribution in [0.1, 0.15) is 5.56 Å². The van der Waals surface area contributed by atoms with Gasteiger partial charge in [-0.15, -0.1) is 0 Å². The van der Waals surface area contributed by atoms with E-state index >= 15 is 0 Å². The first-order valence-electron chi connectivity index (χ1n) is 6.11. The maximum absolute atomic E-state index is 12.4. The van der Waals surface area contributed by atoms with Gasteiger partial charge in [-0.2, -0.15) is 8.42 Å². The standard InChI is InChI=1S/C14H13ClO5S2/c1-10-5-3-4-6-13(10)20-22(18,19)14-9-11(21(2,16)17)7-8-12(14)15/h3-9H,1-2H3. The minimum atomic E-state index is -4.25. The number of halogens is 1. The van der Waals surface area contributed by atoms with Crippen molar-refractivity contribution >= 4 is 31.6 Å². The zero-order valence-electron chi connectivity index (χ0n) is 11.8. The Morgan fingerprint density at radius 1 is 1.00 bits per heavy atom. The molecule has 0 radical (unpaired) electrons. The van der Waals surface area contributed by atoms with Crippen LogP contribution in [0.15, 0.2) is 52.3 Å². The number of hydrogen-bond acceptors (Lipinski definition) is 5. The van der Waals surface area contributed by atoms with E-state index < -0.39 is 20.0 Å². The molecule has 22 heavy (non-hydrogen) atoms. The summed E-state index contributed by atoms with van der Waals surface area (Å²) in [5, 5.41) is -0.110. The highest BCUT2D eigenvalue weighted by Gasteiger charge is 2.23. The summed E-state index contributed by atoms with van der Waals surface area (Å²) in [5.41, 5.74) is 0.626. The molecule has 2 rings (SSSR count). The number of hydrogen-bond donors (Lipinski definition) is 0. The van der Waals surface area contributed by atoms with E-state index in [2.05, 4.69) is 0 Å². The first-order chi connectivity index (χ1) is 10.1. The van der Waals surface area contributed by atoms with Gasteiger partial charge in [0.05, 0.1) is 9.92 Å². The average Bonchev–Trinajstić information content (AvgIpc) is 2.40. The van der Waals surface area contributed by atoms with Gasteiger partial charge in [0.25, 0.3) is 0 Å². The molecule has 8 heteroatoms. The molecule has 0 spiro atoms. The Kier molecular flexibility index (Phi) is 4.51. The van der Waals surface area contributed by atoms with E-state index in [1.54, 1.807) is 25.1 Å². The lowest BCUT2D eigenvalue weighted by Crippen LogP contribution is -2.12. The zero-order valence-corrected chi connectivity index (χ0v) is 14.2. The van der Waals surface area contributed by atoms with Crippen LogP contribution in [0, 0.1) is 6.92 Å². The lowest BCUT2D eigenvalue weighted by atomic mass is 10.2. The summed E-state index contributed by atoms with van der Waals surface area (Å²) in [4.78, 5) is -0.538. The van der Waals surface area contributed by atoms with Gasteiger partial charge in [0.2, 0.25) is 0 Å². The molecule has 0 aliphatic rings. The molecular weight excluding hydrogens is 348 g/mol. The van der Waals surface area contributed by atoms with E-state index in [4.69, 9.17) is 15.8 Å². The molecule has 2 aromatic carbocycles.